The average molecular weight is 288 g/mol. The minimum Gasteiger partial charge on any atom is -0.383 e. The van der Waals surface area contributed by atoms with E-state index in [1.165, 1.54) is 18.5 Å². The van der Waals surface area contributed by atoms with Gasteiger partial charge in [-0.2, -0.15) is 0 Å². The Kier molecular flexibility index (Phi) is 6.93. The molecule has 3 nitrogen and oxygen atoms in total. The molecule has 1 aromatic rings. The molecule has 1 atom stereocenters. The van der Waals surface area contributed by atoms with Gasteiger partial charge in [-0.05, 0) is 12.0 Å². The van der Waals surface area contributed by atoms with E-state index in [9.17, 15) is 0 Å². The Labute approximate surface area is 129 Å². The summed E-state index contributed by atoms with van der Waals surface area (Å²) in [6.45, 7) is 8.70. The Morgan fingerprint density at radius 2 is 2.05 bits per heavy atom. The first-order chi connectivity index (χ1) is 10.3. The fourth-order valence-corrected chi connectivity index (χ4v) is 2.92. The van der Waals surface area contributed by atoms with Crippen molar-refractivity contribution in [2.45, 2.75) is 19.4 Å². The molecule has 0 amide bonds. The van der Waals surface area contributed by atoms with Gasteiger partial charge in [0.2, 0.25) is 0 Å². The van der Waals surface area contributed by atoms with Crippen LogP contribution >= 0.6 is 0 Å². The summed E-state index contributed by atoms with van der Waals surface area (Å²) >= 11 is 0. The third-order valence-electron chi connectivity index (χ3n) is 4.22. The molecule has 0 spiro atoms. The average Bonchev–Trinajstić information content (AvgIpc) is 2.54. The molecule has 0 radical (unpaired) electrons. The molecule has 1 aliphatic rings. The van der Waals surface area contributed by atoms with Crippen LogP contribution in [0.15, 0.2) is 36.4 Å². The van der Waals surface area contributed by atoms with E-state index in [1.54, 1.807) is 7.11 Å². The standard InChI is InChI=1S/C18H28N2O/c1-3-18-16-19(12-13-20(18)14-15-21-2)11-7-10-17-8-5-4-6-9-17/h4-10,18H,3,11-16H2,1-2H3/b10-7+/t18-/m1/s1. The van der Waals surface area contributed by atoms with E-state index in [-0.39, 0.29) is 0 Å². The van der Waals surface area contributed by atoms with Crippen molar-refractivity contribution in [3.8, 4) is 0 Å². The molecule has 0 unspecified atom stereocenters. The Bertz CT molecular complexity index is 418. The second kappa shape index (κ2) is 8.98. The molecule has 0 aromatic heterocycles. The topological polar surface area (TPSA) is 15.7 Å². The van der Waals surface area contributed by atoms with Crippen molar-refractivity contribution >= 4 is 6.08 Å². The molecule has 0 N–H and O–H groups in total. The van der Waals surface area contributed by atoms with Gasteiger partial charge in [-0.25, -0.2) is 0 Å². The van der Waals surface area contributed by atoms with Crippen molar-refractivity contribution < 1.29 is 4.74 Å². The number of ether oxygens (including phenoxy) is 1. The summed E-state index contributed by atoms with van der Waals surface area (Å²) in [5.74, 6) is 0. The first-order valence-corrected chi connectivity index (χ1v) is 8.00. The highest BCUT2D eigenvalue weighted by atomic mass is 16.5. The summed E-state index contributed by atoms with van der Waals surface area (Å²) in [6, 6.07) is 11.2. The van der Waals surface area contributed by atoms with Crippen molar-refractivity contribution in [1.29, 1.82) is 0 Å². The highest BCUT2D eigenvalue weighted by Crippen LogP contribution is 2.13. The van der Waals surface area contributed by atoms with Gasteiger partial charge in [-0.15, -0.1) is 0 Å². The lowest BCUT2D eigenvalue weighted by Crippen LogP contribution is -2.53. The van der Waals surface area contributed by atoms with E-state index < -0.39 is 0 Å². The Balaban J connectivity index is 1.79. The molecule has 0 saturated carbocycles. The number of benzene rings is 1. The monoisotopic (exact) mass is 288 g/mol. The maximum atomic E-state index is 5.21. The fourth-order valence-electron chi connectivity index (χ4n) is 2.92. The number of rotatable bonds is 7. The van der Waals surface area contributed by atoms with Gasteiger partial charge in [-0.3, -0.25) is 9.80 Å². The quantitative estimate of drug-likeness (QED) is 0.767. The minimum atomic E-state index is 0.666. The Hall–Kier alpha value is -1.16. The van der Waals surface area contributed by atoms with E-state index >= 15 is 0 Å². The van der Waals surface area contributed by atoms with Crippen molar-refractivity contribution in [3.05, 3.63) is 42.0 Å². The number of hydrogen-bond donors (Lipinski definition) is 0. The molecular weight excluding hydrogens is 260 g/mol. The van der Waals surface area contributed by atoms with Gasteiger partial charge in [0.15, 0.2) is 0 Å². The summed E-state index contributed by atoms with van der Waals surface area (Å²) < 4.78 is 5.21. The highest BCUT2D eigenvalue weighted by molar-refractivity contribution is 5.48. The van der Waals surface area contributed by atoms with Crippen LogP contribution in [-0.4, -0.2) is 62.3 Å². The van der Waals surface area contributed by atoms with Crippen LogP contribution in [0.2, 0.25) is 0 Å². The predicted octanol–water partition coefficient (Wildman–Crippen LogP) is 2.74. The molecule has 1 fully saturated rings. The molecule has 21 heavy (non-hydrogen) atoms. The Morgan fingerprint density at radius 3 is 2.76 bits per heavy atom. The van der Waals surface area contributed by atoms with Crippen LogP contribution in [0, 0.1) is 0 Å². The molecular formula is C18H28N2O. The molecule has 1 heterocycles. The van der Waals surface area contributed by atoms with Gasteiger partial charge in [0.1, 0.15) is 0 Å². The van der Waals surface area contributed by atoms with Crippen LogP contribution in [0.4, 0.5) is 0 Å². The zero-order valence-corrected chi connectivity index (χ0v) is 13.4. The summed E-state index contributed by atoms with van der Waals surface area (Å²) in [6.07, 6.45) is 5.72. The lowest BCUT2D eigenvalue weighted by Gasteiger charge is -2.40. The summed E-state index contributed by atoms with van der Waals surface area (Å²) in [5.41, 5.74) is 1.28. The Morgan fingerprint density at radius 1 is 1.24 bits per heavy atom. The van der Waals surface area contributed by atoms with Gasteiger partial charge >= 0.3 is 0 Å². The highest BCUT2D eigenvalue weighted by Gasteiger charge is 2.24. The van der Waals surface area contributed by atoms with Crippen molar-refractivity contribution in [2.24, 2.45) is 0 Å². The first-order valence-electron chi connectivity index (χ1n) is 8.00. The summed E-state index contributed by atoms with van der Waals surface area (Å²) in [4.78, 5) is 5.12. The number of piperazine rings is 1. The van der Waals surface area contributed by atoms with Gasteiger partial charge in [0.25, 0.3) is 0 Å². The predicted molar refractivity (Wildman–Crippen MR) is 89.4 cm³/mol. The normalized spacial score (nSPS) is 21.1. The van der Waals surface area contributed by atoms with Crippen LogP contribution in [-0.2, 0) is 4.74 Å². The van der Waals surface area contributed by atoms with E-state index in [4.69, 9.17) is 4.74 Å². The second-order valence-corrected chi connectivity index (χ2v) is 5.66. The van der Waals surface area contributed by atoms with E-state index in [0.29, 0.717) is 6.04 Å². The van der Waals surface area contributed by atoms with Crippen LogP contribution in [0.5, 0.6) is 0 Å². The lowest BCUT2D eigenvalue weighted by atomic mass is 10.1. The molecule has 3 heteroatoms. The SMILES string of the molecule is CC[C@@H]1CN(C/C=C/c2ccccc2)CCN1CCOC. The molecule has 0 bridgehead atoms. The van der Waals surface area contributed by atoms with Crippen LogP contribution in [0.25, 0.3) is 6.08 Å². The van der Waals surface area contributed by atoms with Gasteiger partial charge < -0.3 is 4.74 Å². The molecule has 116 valence electrons. The van der Waals surface area contributed by atoms with E-state index in [1.807, 2.05) is 0 Å². The summed E-state index contributed by atoms with van der Waals surface area (Å²) in [5, 5.41) is 0. The fraction of sp³-hybridized carbons (Fsp3) is 0.556. The second-order valence-electron chi connectivity index (χ2n) is 5.66. The third kappa shape index (κ3) is 5.27. The smallest absolute Gasteiger partial charge is 0.0589 e. The van der Waals surface area contributed by atoms with E-state index in [2.05, 4.69) is 59.2 Å². The maximum Gasteiger partial charge on any atom is 0.0589 e. The molecule has 1 aliphatic heterocycles. The number of hydrogen-bond acceptors (Lipinski definition) is 3. The zero-order valence-electron chi connectivity index (χ0n) is 13.4. The minimum absolute atomic E-state index is 0.666. The molecule has 1 aromatic carbocycles. The van der Waals surface area contributed by atoms with E-state index in [0.717, 1.165) is 32.8 Å². The van der Waals surface area contributed by atoms with Crippen molar-refractivity contribution in [2.75, 3.05) is 46.4 Å². The molecule has 1 saturated heterocycles. The largest absolute Gasteiger partial charge is 0.383 e. The third-order valence-corrected chi connectivity index (χ3v) is 4.22. The first kappa shape index (κ1) is 16.2. The van der Waals surface area contributed by atoms with Crippen molar-refractivity contribution in [3.63, 3.8) is 0 Å². The number of nitrogens with zero attached hydrogens (tertiary/aromatic N) is 2. The molecule has 2 rings (SSSR count). The van der Waals surface area contributed by atoms with Gasteiger partial charge in [0.05, 0.1) is 6.61 Å². The van der Waals surface area contributed by atoms with Crippen LogP contribution in [0.1, 0.15) is 18.9 Å². The maximum absolute atomic E-state index is 5.21. The van der Waals surface area contributed by atoms with Gasteiger partial charge in [0, 0.05) is 45.9 Å². The van der Waals surface area contributed by atoms with Crippen molar-refractivity contribution in [1.82, 2.24) is 9.80 Å². The van der Waals surface area contributed by atoms with Crippen LogP contribution in [0.3, 0.4) is 0 Å². The zero-order chi connectivity index (χ0) is 14.9. The van der Waals surface area contributed by atoms with Crippen LogP contribution < -0.4 is 0 Å². The lowest BCUT2D eigenvalue weighted by molar-refractivity contribution is 0.0547. The van der Waals surface area contributed by atoms with Gasteiger partial charge in [-0.1, -0.05) is 49.4 Å². The number of methoxy groups -OCH3 is 1. The molecule has 0 aliphatic carbocycles. The summed E-state index contributed by atoms with van der Waals surface area (Å²) in [7, 11) is 1.78.